The third-order valence-corrected chi connectivity index (χ3v) is 3.74. The highest BCUT2D eigenvalue weighted by Crippen LogP contribution is 2.34. The summed E-state index contributed by atoms with van der Waals surface area (Å²) >= 11 is 0. The van der Waals surface area contributed by atoms with Crippen molar-refractivity contribution in [1.82, 2.24) is 4.90 Å². The summed E-state index contributed by atoms with van der Waals surface area (Å²) in [5, 5.41) is 0. The van der Waals surface area contributed by atoms with Gasteiger partial charge in [-0.3, -0.25) is 9.69 Å². The number of carbonyl (C=O) groups is 1. The van der Waals surface area contributed by atoms with E-state index in [1.54, 1.807) is 0 Å². The van der Waals surface area contributed by atoms with E-state index in [1.165, 1.54) is 38.1 Å². The van der Waals surface area contributed by atoms with Crippen molar-refractivity contribution >= 4 is 22.7 Å². The molecule has 1 aliphatic rings. The number of amides is 1. The largest absolute Gasteiger partial charge is 0.496 e. The van der Waals surface area contributed by atoms with Gasteiger partial charge in [-0.1, -0.05) is 0 Å². The zero-order chi connectivity index (χ0) is 13.4. The molecule has 0 N–H and O–H groups in total. The minimum Gasteiger partial charge on any atom is -0.496 e. The molecular formula is C11H11FN2O3S. The molecular weight excluding hydrogens is 259 g/mol. The van der Waals surface area contributed by atoms with E-state index < -0.39 is 16.8 Å². The Morgan fingerprint density at radius 3 is 2.72 bits per heavy atom. The van der Waals surface area contributed by atoms with Crippen LogP contribution in [0.15, 0.2) is 21.4 Å². The van der Waals surface area contributed by atoms with Gasteiger partial charge in [0.25, 0.3) is 0 Å². The summed E-state index contributed by atoms with van der Waals surface area (Å²) in [6, 6.07) is 2.59. The molecule has 0 saturated carbocycles. The maximum Gasteiger partial charge on any atom is 0.224 e. The predicted octanol–water partition coefficient (Wildman–Crippen LogP) is 1.10. The summed E-state index contributed by atoms with van der Waals surface area (Å²) in [6.07, 6.45) is 0. The van der Waals surface area contributed by atoms with Crippen LogP contribution in [0.3, 0.4) is 0 Å². The third-order valence-electron chi connectivity index (χ3n) is 2.65. The fraction of sp³-hybridized carbons (Fsp3) is 0.273. The van der Waals surface area contributed by atoms with Gasteiger partial charge in [0.05, 0.1) is 12.7 Å². The highest BCUT2D eigenvalue weighted by Gasteiger charge is 2.32. The van der Waals surface area contributed by atoms with Gasteiger partial charge in [-0.25, -0.2) is 8.60 Å². The molecule has 1 aliphatic heterocycles. The van der Waals surface area contributed by atoms with E-state index in [4.69, 9.17) is 4.74 Å². The summed E-state index contributed by atoms with van der Waals surface area (Å²) in [7, 11) is 1.05. The first-order valence-electron chi connectivity index (χ1n) is 5.09. The van der Waals surface area contributed by atoms with Crippen molar-refractivity contribution in [3.8, 4) is 5.75 Å². The maximum absolute atomic E-state index is 13.7. The number of ether oxygens (including phenoxy) is 1. The fourth-order valence-corrected chi connectivity index (χ4v) is 2.70. The molecule has 1 aromatic carbocycles. The van der Waals surface area contributed by atoms with Crippen molar-refractivity contribution in [2.24, 2.45) is 4.40 Å². The molecule has 0 saturated heterocycles. The molecule has 1 atom stereocenters. The monoisotopic (exact) mass is 270 g/mol. The first kappa shape index (κ1) is 12.7. The predicted molar refractivity (Wildman–Crippen MR) is 64.3 cm³/mol. The fourth-order valence-electron chi connectivity index (χ4n) is 1.64. The number of amidine groups is 1. The number of hydrogen-bond acceptors (Lipinski definition) is 3. The normalized spacial score (nSPS) is 17.1. The molecule has 5 nitrogen and oxygen atoms in total. The van der Waals surface area contributed by atoms with Crippen LogP contribution < -0.4 is 4.74 Å². The summed E-state index contributed by atoms with van der Waals surface area (Å²) in [5.74, 6) is -0.416. The molecule has 0 aromatic heterocycles. The van der Waals surface area contributed by atoms with Gasteiger partial charge in [-0.2, -0.15) is 4.40 Å². The lowest BCUT2D eigenvalue weighted by molar-refractivity contribution is -0.124. The van der Waals surface area contributed by atoms with Crippen LogP contribution in [0.2, 0.25) is 0 Å². The maximum atomic E-state index is 13.7. The smallest absolute Gasteiger partial charge is 0.224 e. The number of fused-ring (bicyclic) bond motifs is 1. The zero-order valence-corrected chi connectivity index (χ0v) is 10.9. The Bertz CT molecular complexity index is 586. The van der Waals surface area contributed by atoms with Gasteiger partial charge in [0.1, 0.15) is 16.5 Å². The van der Waals surface area contributed by atoms with E-state index >= 15 is 0 Å². The molecule has 7 heteroatoms. The highest BCUT2D eigenvalue weighted by atomic mass is 32.2. The second-order valence-electron chi connectivity index (χ2n) is 3.70. The van der Waals surface area contributed by atoms with Gasteiger partial charge in [0.15, 0.2) is 16.8 Å². The van der Waals surface area contributed by atoms with Gasteiger partial charge in [0, 0.05) is 14.0 Å². The lowest BCUT2D eigenvalue weighted by Gasteiger charge is -2.16. The Hall–Kier alpha value is -1.76. The lowest BCUT2D eigenvalue weighted by Crippen LogP contribution is -2.31. The van der Waals surface area contributed by atoms with E-state index in [0.29, 0.717) is 5.75 Å². The van der Waals surface area contributed by atoms with Gasteiger partial charge in [-0.15, -0.1) is 0 Å². The van der Waals surface area contributed by atoms with Crippen molar-refractivity contribution in [2.45, 2.75) is 11.8 Å². The van der Waals surface area contributed by atoms with Crippen molar-refractivity contribution < 1.29 is 18.1 Å². The Balaban J connectivity index is 2.66. The first-order valence-corrected chi connectivity index (χ1v) is 6.19. The third kappa shape index (κ3) is 1.80. The van der Waals surface area contributed by atoms with Crippen molar-refractivity contribution in [1.29, 1.82) is 0 Å². The Morgan fingerprint density at radius 1 is 1.50 bits per heavy atom. The van der Waals surface area contributed by atoms with E-state index in [2.05, 4.69) is 4.40 Å². The molecule has 0 fully saturated rings. The average molecular weight is 270 g/mol. The number of hydrogen-bond donors (Lipinski definition) is 0. The van der Waals surface area contributed by atoms with E-state index in [0.717, 1.165) is 0 Å². The second-order valence-corrected chi connectivity index (χ2v) is 4.78. The van der Waals surface area contributed by atoms with Gasteiger partial charge < -0.3 is 4.74 Å². The lowest BCUT2D eigenvalue weighted by atomic mass is 10.1. The molecule has 0 spiro atoms. The quantitative estimate of drug-likeness (QED) is 0.767. The molecule has 2 rings (SSSR count). The van der Waals surface area contributed by atoms with Crippen molar-refractivity contribution in [3.63, 3.8) is 0 Å². The SMILES string of the molecule is COc1ccc(F)c2c1C(N(C)C(C)=O)=NS2=O. The zero-order valence-electron chi connectivity index (χ0n) is 10.1. The van der Waals surface area contributed by atoms with Crippen LogP contribution in [0.25, 0.3) is 0 Å². The van der Waals surface area contributed by atoms with E-state index in [9.17, 15) is 13.4 Å². The summed E-state index contributed by atoms with van der Waals surface area (Å²) < 4.78 is 34.4. The van der Waals surface area contributed by atoms with E-state index in [-0.39, 0.29) is 22.2 Å². The molecule has 1 heterocycles. The van der Waals surface area contributed by atoms with Crippen LogP contribution in [-0.4, -0.2) is 35.0 Å². The molecule has 1 unspecified atom stereocenters. The number of rotatable bonds is 1. The number of nitrogens with zero attached hydrogens (tertiary/aromatic N) is 2. The van der Waals surface area contributed by atoms with Crippen molar-refractivity contribution in [2.75, 3.05) is 14.2 Å². The number of halogens is 1. The van der Waals surface area contributed by atoms with E-state index in [1.807, 2.05) is 0 Å². The minimum atomic E-state index is -1.85. The number of carbonyl (C=O) groups excluding carboxylic acids is 1. The number of methoxy groups -OCH3 is 1. The number of benzene rings is 1. The van der Waals surface area contributed by atoms with Crippen LogP contribution in [0.5, 0.6) is 5.75 Å². The van der Waals surface area contributed by atoms with Crippen LogP contribution in [0.4, 0.5) is 4.39 Å². The molecule has 0 bridgehead atoms. The summed E-state index contributed by atoms with van der Waals surface area (Å²) in [5.41, 5.74) is 0.272. The molecule has 96 valence electrons. The Morgan fingerprint density at radius 2 is 2.17 bits per heavy atom. The van der Waals surface area contributed by atoms with Crippen LogP contribution in [0, 0.1) is 5.82 Å². The minimum absolute atomic E-state index is 0.0440. The first-order chi connectivity index (χ1) is 8.47. The van der Waals surface area contributed by atoms with Gasteiger partial charge in [-0.05, 0) is 12.1 Å². The average Bonchev–Trinajstić information content (AvgIpc) is 2.68. The molecule has 0 radical (unpaired) electrons. The van der Waals surface area contributed by atoms with Gasteiger partial charge in [0.2, 0.25) is 5.91 Å². The molecule has 1 aromatic rings. The van der Waals surface area contributed by atoms with Crippen molar-refractivity contribution in [3.05, 3.63) is 23.5 Å². The molecule has 0 aliphatic carbocycles. The molecule has 18 heavy (non-hydrogen) atoms. The summed E-state index contributed by atoms with van der Waals surface area (Å²) in [4.78, 5) is 12.5. The van der Waals surface area contributed by atoms with Gasteiger partial charge >= 0.3 is 0 Å². The van der Waals surface area contributed by atoms with Crippen LogP contribution >= 0.6 is 0 Å². The Labute approximate surface area is 106 Å². The van der Waals surface area contributed by atoms with Crippen LogP contribution in [0.1, 0.15) is 12.5 Å². The highest BCUT2D eigenvalue weighted by molar-refractivity contribution is 7.84. The standard InChI is InChI=1S/C11H11FN2O3S/c1-6(15)14(2)11-9-8(17-3)5-4-7(12)10(9)18(16)13-11/h4-5H,1-3H3. The molecule has 1 amide bonds. The van der Waals surface area contributed by atoms with Crippen LogP contribution in [-0.2, 0) is 15.8 Å². The Kier molecular flexibility index (Phi) is 3.16. The second kappa shape index (κ2) is 4.49. The topological polar surface area (TPSA) is 59.0 Å². The summed E-state index contributed by atoms with van der Waals surface area (Å²) in [6.45, 7) is 1.34.